The predicted molar refractivity (Wildman–Crippen MR) is 59.9 cm³/mol. The number of carbonyl (C=O) groups is 1. The van der Waals surface area contributed by atoms with Crippen LogP contribution in [0.2, 0.25) is 0 Å². The van der Waals surface area contributed by atoms with Gasteiger partial charge in [-0.2, -0.15) is 0 Å². The number of hydrogen-bond donors (Lipinski definition) is 2. The van der Waals surface area contributed by atoms with E-state index in [-0.39, 0.29) is 18.1 Å². The zero-order valence-electron chi connectivity index (χ0n) is 8.09. The van der Waals surface area contributed by atoms with Crippen LogP contribution in [0.5, 0.6) is 0 Å². The molecule has 0 spiro atoms. The molecule has 1 amide bonds. The van der Waals surface area contributed by atoms with Crippen LogP contribution in [0.3, 0.4) is 0 Å². The van der Waals surface area contributed by atoms with Crippen molar-refractivity contribution in [3.05, 3.63) is 34.1 Å². The van der Waals surface area contributed by atoms with Gasteiger partial charge in [0, 0.05) is 17.6 Å². The number of hydrogen-bond acceptors (Lipinski definition) is 2. The molecule has 1 rings (SSSR count). The van der Waals surface area contributed by atoms with Gasteiger partial charge in [0.15, 0.2) is 0 Å². The summed E-state index contributed by atoms with van der Waals surface area (Å²) in [5, 5.41) is 2.58. The summed E-state index contributed by atoms with van der Waals surface area (Å²) in [5.74, 6) is -0.599. The summed E-state index contributed by atoms with van der Waals surface area (Å²) in [5.41, 5.74) is 5.60. The Morgan fingerprint density at radius 2 is 2.27 bits per heavy atom. The van der Waals surface area contributed by atoms with Gasteiger partial charge < -0.3 is 11.1 Å². The topological polar surface area (TPSA) is 55.1 Å². The number of nitrogens with two attached hydrogens (primary N) is 1. The fourth-order valence-corrected chi connectivity index (χ4v) is 1.53. The Kier molecular flexibility index (Phi) is 4.71. The Hall–Kier alpha value is -0.940. The van der Waals surface area contributed by atoms with E-state index in [9.17, 15) is 9.18 Å². The van der Waals surface area contributed by atoms with Gasteiger partial charge in [-0.1, -0.05) is 15.9 Å². The van der Waals surface area contributed by atoms with Crippen LogP contribution in [0.15, 0.2) is 22.7 Å². The van der Waals surface area contributed by atoms with Crippen molar-refractivity contribution in [1.29, 1.82) is 0 Å². The van der Waals surface area contributed by atoms with Crippen molar-refractivity contribution >= 4 is 21.8 Å². The van der Waals surface area contributed by atoms with E-state index in [4.69, 9.17) is 5.73 Å². The van der Waals surface area contributed by atoms with Gasteiger partial charge in [0.1, 0.15) is 5.82 Å². The molecule has 0 unspecified atom stereocenters. The van der Waals surface area contributed by atoms with Crippen molar-refractivity contribution in [3.63, 3.8) is 0 Å². The molecule has 0 heterocycles. The summed E-state index contributed by atoms with van der Waals surface area (Å²) in [4.78, 5) is 11.3. The van der Waals surface area contributed by atoms with Crippen molar-refractivity contribution < 1.29 is 9.18 Å². The quantitative estimate of drug-likeness (QED) is 0.867. The molecule has 82 valence electrons. The van der Waals surface area contributed by atoms with Crippen LogP contribution < -0.4 is 11.1 Å². The molecule has 1 aromatic carbocycles. The average molecular weight is 275 g/mol. The maximum atomic E-state index is 13.2. The van der Waals surface area contributed by atoms with Gasteiger partial charge in [-0.05, 0) is 23.8 Å². The third-order valence-corrected chi connectivity index (χ3v) is 2.32. The maximum Gasteiger partial charge on any atom is 0.224 e. The highest BCUT2D eigenvalue weighted by Crippen LogP contribution is 2.15. The molecule has 0 fully saturated rings. The smallest absolute Gasteiger partial charge is 0.224 e. The highest BCUT2D eigenvalue weighted by molar-refractivity contribution is 9.10. The average Bonchev–Trinajstić information content (AvgIpc) is 2.20. The predicted octanol–water partition coefficient (Wildman–Crippen LogP) is 1.21. The Bertz CT molecular complexity index is 357. The van der Waals surface area contributed by atoms with Crippen molar-refractivity contribution in [3.8, 4) is 0 Å². The lowest BCUT2D eigenvalue weighted by atomic mass is 10.1. The van der Waals surface area contributed by atoms with E-state index in [1.807, 2.05) is 0 Å². The van der Waals surface area contributed by atoms with Gasteiger partial charge in [0.2, 0.25) is 5.91 Å². The van der Waals surface area contributed by atoms with E-state index >= 15 is 0 Å². The number of amides is 1. The van der Waals surface area contributed by atoms with Crippen LogP contribution in [0, 0.1) is 5.82 Å². The van der Waals surface area contributed by atoms with E-state index in [2.05, 4.69) is 21.2 Å². The lowest BCUT2D eigenvalue weighted by Gasteiger charge is -2.05. The maximum absolute atomic E-state index is 13.2. The lowest BCUT2D eigenvalue weighted by molar-refractivity contribution is -0.120. The molecule has 0 aliphatic heterocycles. The number of rotatable bonds is 4. The highest BCUT2D eigenvalue weighted by Gasteiger charge is 2.07. The first kappa shape index (κ1) is 12.1. The minimum Gasteiger partial charge on any atom is -0.355 e. The van der Waals surface area contributed by atoms with Crippen LogP contribution in [0.1, 0.15) is 5.56 Å². The molecule has 5 heteroatoms. The van der Waals surface area contributed by atoms with Crippen LogP contribution >= 0.6 is 15.9 Å². The summed E-state index contributed by atoms with van der Waals surface area (Å²) < 4.78 is 14.0. The van der Waals surface area contributed by atoms with Gasteiger partial charge in [-0.25, -0.2) is 4.39 Å². The summed E-state index contributed by atoms with van der Waals surface area (Å²) in [7, 11) is 0. The second-order valence-corrected chi connectivity index (χ2v) is 3.97. The van der Waals surface area contributed by atoms with E-state index in [1.165, 1.54) is 6.07 Å². The standard InChI is InChI=1S/C10H12BrFN2O/c11-8-1-2-9(12)7(5-8)6-10(15)14-4-3-13/h1-2,5H,3-4,6,13H2,(H,14,15). The number of benzene rings is 1. The molecule has 0 atom stereocenters. The lowest BCUT2D eigenvalue weighted by Crippen LogP contribution is -2.30. The van der Waals surface area contributed by atoms with Crippen molar-refractivity contribution in [2.75, 3.05) is 13.1 Å². The molecule has 0 saturated carbocycles. The summed E-state index contributed by atoms with van der Waals surface area (Å²) in [6, 6.07) is 4.52. The minimum absolute atomic E-state index is 0.0330. The van der Waals surface area contributed by atoms with E-state index < -0.39 is 0 Å². The molecule has 0 aromatic heterocycles. The first-order valence-corrected chi connectivity index (χ1v) is 5.33. The summed E-state index contributed by atoms with van der Waals surface area (Å²) >= 11 is 3.22. The molecule has 0 aliphatic carbocycles. The van der Waals surface area contributed by atoms with Crippen molar-refractivity contribution in [1.82, 2.24) is 5.32 Å². The van der Waals surface area contributed by atoms with Crippen LogP contribution in [0.25, 0.3) is 0 Å². The van der Waals surface area contributed by atoms with Gasteiger partial charge in [0.05, 0.1) is 6.42 Å². The molecular formula is C10H12BrFN2O. The Morgan fingerprint density at radius 3 is 2.93 bits per heavy atom. The van der Waals surface area contributed by atoms with Crippen molar-refractivity contribution in [2.24, 2.45) is 5.73 Å². The number of carbonyl (C=O) groups excluding carboxylic acids is 1. The van der Waals surface area contributed by atoms with Crippen LogP contribution in [-0.4, -0.2) is 19.0 Å². The first-order valence-electron chi connectivity index (χ1n) is 4.54. The van der Waals surface area contributed by atoms with E-state index in [0.29, 0.717) is 18.7 Å². The number of nitrogens with one attached hydrogen (secondary N) is 1. The monoisotopic (exact) mass is 274 g/mol. The molecule has 0 aliphatic rings. The largest absolute Gasteiger partial charge is 0.355 e. The van der Waals surface area contributed by atoms with Gasteiger partial charge in [0.25, 0.3) is 0 Å². The van der Waals surface area contributed by atoms with Gasteiger partial charge >= 0.3 is 0 Å². The highest BCUT2D eigenvalue weighted by atomic mass is 79.9. The molecule has 3 N–H and O–H groups in total. The van der Waals surface area contributed by atoms with Crippen LogP contribution in [0.4, 0.5) is 4.39 Å². The molecule has 1 aromatic rings. The zero-order chi connectivity index (χ0) is 11.3. The van der Waals surface area contributed by atoms with Gasteiger partial charge in [-0.3, -0.25) is 4.79 Å². The van der Waals surface area contributed by atoms with Crippen LogP contribution in [-0.2, 0) is 11.2 Å². The Balaban J connectivity index is 2.63. The molecule has 0 radical (unpaired) electrons. The minimum atomic E-state index is -0.374. The fraction of sp³-hybridized carbons (Fsp3) is 0.300. The zero-order valence-corrected chi connectivity index (χ0v) is 9.68. The van der Waals surface area contributed by atoms with Gasteiger partial charge in [-0.15, -0.1) is 0 Å². The molecule has 15 heavy (non-hydrogen) atoms. The SMILES string of the molecule is NCCNC(=O)Cc1cc(Br)ccc1F. The molecule has 0 saturated heterocycles. The fourth-order valence-electron chi connectivity index (χ4n) is 1.13. The Labute approximate surface area is 96.0 Å². The van der Waals surface area contributed by atoms with E-state index in [0.717, 1.165) is 4.47 Å². The third-order valence-electron chi connectivity index (χ3n) is 1.83. The molecule has 3 nitrogen and oxygen atoms in total. The number of halogens is 2. The molecular weight excluding hydrogens is 263 g/mol. The summed E-state index contributed by atoms with van der Waals surface area (Å²) in [6.45, 7) is 0.793. The second kappa shape index (κ2) is 5.82. The molecule has 0 bridgehead atoms. The normalized spacial score (nSPS) is 10.1. The first-order chi connectivity index (χ1) is 7.13. The second-order valence-electron chi connectivity index (χ2n) is 3.05. The summed E-state index contributed by atoms with van der Waals surface area (Å²) in [6.07, 6.45) is 0.0330. The third kappa shape index (κ3) is 3.97. The van der Waals surface area contributed by atoms with E-state index in [1.54, 1.807) is 12.1 Å². The van der Waals surface area contributed by atoms with Crippen molar-refractivity contribution in [2.45, 2.75) is 6.42 Å². The Morgan fingerprint density at radius 1 is 1.53 bits per heavy atom.